The number of fused-ring (bicyclic) bond motifs is 1. The van der Waals surface area contributed by atoms with Crippen molar-refractivity contribution >= 4 is 42.8 Å². The number of sulfonamides is 1. The average molecular weight is 560 g/mol. The highest BCUT2D eigenvalue weighted by molar-refractivity contribution is 7.93. The number of hydrogen-bond acceptors (Lipinski definition) is 9. The monoisotopic (exact) mass is 559 g/mol. The van der Waals surface area contributed by atoms with E-state index in [0.29, 0.717) is 11.1 Å². The van der Waals surface area contributed by atoms with Gasteiger partial charge in [-0.15, -0.1) is 0 Å². The first kappa shape index (κ1) is 26.8. The highest BCUT2D eigenvalue weighted by Gasteiger charge is 2.40. The lowest BCUT2D eigenvalue weighted by Crippen LogP contribution is -2.48. The Labute approximate surface area is 218 Å². The number of rotatable bonds is 7. The lowest BCUT2D eigenvalue weighted by atomic mass is 9.91. The van der Waals surface area contributed by atoms with Crippen molar-refractivity contribution < 1.29 is 30.9 Å². The van der Waals surface area contributed by atoms with Crippen LogP contribution in [0.2, 0.25) is 0 Å². The van der Waals surface area contributed by atoms with E-state index in [4.69, 9.17) is 4.18 Å². The minimum atomic E-state index is -4.35. The van der Waals surface area contributed by atoms with Crippen molar-refractivity contribution in [3.63, 3.8) is 0 Å². The summed E-state index contributed by atoms with van der Waals surface area (Å²) in [6.07, 6.45) is 1.70. The molecule has 1 heterocycles. The van der Waals surface area contributed by atoms with Crippen LogP contribution in [0.3, 0.4) is 0 Å². The van der Waals surface area contributed by atoms with Gasteiger partial charge >= 0.3 is 10.1 Å². The quantitative estimate of drug-likeness (QED) is 0.227. The van der Waals surface area contributed by atoms with Crippen molar-refractivity contribution in [2.45, 2.75) is 36.1 Å². The molecule has 1 aliphatic rings. The fraction of sp³-hybridized carbons (Fsp3) is 0.167. The predicted octanol–water partition coefficient (Wildman–Crippen LogP) is 4.66. The van der Waals surface area contributed by atoms with Gasteiger partial charge in [-0.1, -0.05) is 6.08 Å². The van der Waals surface area contributed by atoms with E-state index in [1.807, 2.05) is 0 Å². The smallest absolute Gasteiger partial charge is 0.339 e. The first-order chi connectivity index (χ1) is 17.6. The minimum absolute atomic E-state index is 0.0951. The molecule has 12 nitrogen and oxygen atoms in total. The molecule has 0 aromatic heterocycles. The van der Waals surface area contributed by atoms with Gasteiger partial charge in [0.05, 0.1) is 26.0 Å². The molecular weight excluding hydrogens is 538 g/mol. The van der Waals surface area contributed by atoms with Gasteiger partial charge in [0, 0.05) is 29.8 Å². The molecule has 0 aliphatic carbocycles. The Kier molecular flexibility index (Phi) is 6.49. The molecule has 38 heavy (non-hydrogen) atoms. The fourth-order valence-corrected chi connectivity index (χ4v) is 6.93. The molecule has 0 fully saturated rings. The normalized spacial score (nSPS) is 14.8. The second-order valence-electron chi connectivity index (χ2n) is 8.97. The summed E-state index contributed by atoms with van der Waals surface area (Å²) in [5.74, 6) is -0.0951. The number of nitrogens with zero attached hydrogens (tertiary/aromatic N) is 3. The lowest BCUT2D eigenvalue weighted by Gasteiger charge is -2.42. The molecule has 0 saturated heterocycles. The van der Waals surface area contributed by atoms with Crippen LogP contribution < -0.4 is 8.49 Å². The Bertz CT molecular complexity index is 1700. The van der Waals surface area contributed by atoms with E-state index in [1.54, 1.807) is 26.8 Å². The van der Waals surface area contributed by atoms with Crippen LogP contribution in [-0.2, 0) is 20.1 Å². The first-order valence-corrected chi connectivity index (χ1v) is 13.8. The average Bonchev–Trinajstić information content (AvgIpc) is 2.83. The van der Waals surface area contributed by atoms with Crippen molar-refractivity contribution in [1.29, 1.82) is 0 Å². The van der Waals surface area contributed by atoms with Crippen LogP contribution >= 0.6 is 0 Å². The Hall–Kier alpha value is -4.30. The maximum absolute atomic E-state index is 13.7. The first-order valence-electron chi connectivity index (χ1n) is 11.0. The van der Waals surface area contributed by atoms with Crippen LogP contribution in [0.4, 0.5) is 17.1 Å². The molecule has 14 heteroatoms. The molecule has 0 N–H and O–H groups in total. The summed E-state index contributed by atoms with van der Waals surface area (Å²) in [6, 6.07) is 12.8. The highest BCUT2D eigenvalue weighted by Crippen LogP contribution is 2.44. The van der Waals surface area contributed by atoms with E-state index in [9.17, 15) is 37.1 Å². The van der Waals surface area contributed by atoms with Crippen LogP contribution in [0.15, 0.2) is 82.6 Å². The second-order valence-corrected chi connectivity index (χ2v) is 12.3. The highest BCUT2D eigenvalue weighted by atomic mass is 32.2. The number of hydrogen-bond donors (Lipinski definition) is 0. The van der Waals surface area contributed by atoms with Crippen molar-refractivity contribution in [2.75, 3.05) is 4.31 Å². The summed E-state index contributed by atoms with van der Waals surface area (Å²) in [5, 5.41) is 21.8. The van der Waals surface area contributed by atoms with Crippen LogP contribution in [0.1, 0.15) is 26.3 Å². The van der Waals surface area contributed by atoms with Crippen LogP contribution in [0.5, 0.6) is 5.75 Å². The van der Waals surface area contributed by atoms with E-state index < -0.39 is 35.5 Å². The third-order valence-electron chi connectivity index (χ3n) is 5.83. The van der Waals surface area contributed by atoms with Gasteiger partial charge in [0.25, 0.3) is 21.4 Å². The molecule has 0 amide bonds. The third kappa shape index (κ3) is 4.82. The summed E-state index contributed by atoms with van der Waals surface area (Å²) < 4.78 is 59.3. The zero-order valence-corrected chi connectivity index (χ0v) is 21.9. The molecule has 198 valence electrons. The summed E-state index contributed by atoms with van der Waals surface area (Å²) in [5.41, 5.74) is -0.257. The van der Waals surface area contributed by atoms with Crippen LogP contribution in [-0.4, -0.2) is 32.2 Å². The zero-order valence-electron chi connectivity index (χ0n) is 20.3. The molecule has 0 radical (unpaired) electrons. The number of nitro benzene ring substituents is 2. The number of benzene rings is 3. The van der Waals surface area contributed by atoms with Crippen LogP contribution in [0, 0.1) is 20.2 Å². The molecule has 1 aliphatic heterocycles. The fourth-order valence-electron chi connectivity index (χ4n) is 4.23. The lowest BCUT2D eigenvalue weighted by molar-refractivity contribution is -0.385. The number of allylic oxidation sites excluding steroid dienone is 1. The van der Waals surface area contributed by atoms with E-state index in [-0.39, 0.29) is 32.6 Å². The van der Waals surface area contributed by atoms with E-state index >= 15 is 0 Å². The maximum atomic E-state index is 13.7. The van der Waals surface area contributed by atoms with Gasteiger partial charge in [0.1, 0.15) is 10.6 Å². The molecule has 3 aromatic carbocycles. The van der Waals surface area contributed by atoms with Crippen molar-refractivity contribution in [3.05, 3.63) is 98.6 Å². The SMILES string of the molecule is CC1=CC(C)(C)N(S(=O)(=O)c2ccc([N+](=O)[O-])cc2)c2ccc(OS(=O)(=O)c3ccc([N+](=O)[O-])cc3)cc21. The van der Waals surface area contributed by atoms with Gasteiger partial charge in [-0.05, 0) is 68.8 Å². The molecule has 0 bridgehead atoms. The largest absolute Gasteiger partial charge is 0.379 e. The summed E-state index contributed by atoms with van der Waals surface area (Å²) >= 11 is 0. The predicted molar refractivity (Wildman–Crippen MR) is 138 cm³/mol. The van der Waals surface area contributed by atoms with Gasteiger partial charge in [-0.3, -0.25) is 24.5 Å². The van der Waals surface area contributed by atoms with Gasteiger partial charge in [-0.2, -0.15) is 8.42 Å². The molecule has 3 aromatic rings. The number of non-ortho nitro benzene ring substituents is 2. The number of nitro groups is 2. The standard InChI is InChI=1S/C24H21N3O9S2/c1-16-15-24(2,3)25(37(32,33)20-9-4-17(5-10-20)26(28)29)23-13-8-19(14-22(16)23)36-38(34,35)21-11-6-18(7-12-21)27(30)31/h4-15H,1-3H3. The Morgan fingerprint density at radius 1 is 0.789 bits per heavy atom. The van der Waals surface area contributed by atoms with Gasteiger partial charge in [0.2, 0.25) is 0 Å². The topological polar surface area (TPSA) is 167 Å². The van der Waals surface area contributed by atoms with Crippen molar-refractivity contribution in [1.82, 2.24) is 0 Å². The minimum Gasteiger partial charge on any atom is -0.379 e. The number of anilines is 1. The molecule has 0 unspecified atom stereocenters. The van der Waals surface area contributed by atoms with E-state index in [1.165, 1.54) is 18.2 Å². The zero-order chi connectivity index (χ0) is 28.0. The van der Waals surface area contributed by atoms with Crippen LogP contribution in [0.25, 0.3) is 5.57 Å². The summed E-state index contributed by atoms with van der Waals surface area (Å²) in [6.45, 7) is 5.11. The van der Waals surface area contributed by atoms with Crippen molar-refractivity contribution in [3.8, 4) is 5.75 Å². The molecule has 0 spiro atoms. The summed E-state index contributed by atoms with van der Waals surface area (Å²) in [4.78, 5) is 20.1. The molecule has 0 atom stereocenters. The van der Waals surface area contributed by atoms with Gasteiger partial charge < -0.3 is 4.18 Å². The summed E-state index contributed by atoms with van der Waals surface area (Å²) in [7, 11) is -8.55. The van der Waals surface area contributed by atoms with Crippen molar-refractivity contribution in [2.24, 2.45) is 0 Å². The third-order valence-corrected chi connectivity index (χ3v) is 9.11. The van der Waals surface area contributed by atoms with Gasteiger partial charge in [-0.25, -0.2) is 8.42 Å². The molecule has 0 saturated carbocycles. The maximum Gasteiger partial charge on any atom is 0.339 e. The second kappa shape index (κ2) is 9.22. The van der Waals surface area contributed by atoms with Gasteiger partial charge in [0.15, 0.2) is 0 Å². The van der Waals surface area contributed by atoms with E-state index in [2.05, 4.69) is 0 Å². The Morgan fingerprint density at radius 2 is 1.29 bits per heavy atom. The Balaban J connectivity index is 1.73. The Morgan fingerprint density at radius 3 is 1.79 bits per heavy atom. The molecule has 4 rings (SSSR count). The molecular formula is C24H21N3O9S2. The van der Waals surface area contributed by atoms with E-state index in [0.717, 1.165) is 52.8 Å².